The Balaban J connectivity index is -0.000000632. The predicted molar refractivity (Wildman–Crippen MR) is 285 cm³/mol. The van der Waals surface area contributed by atoms with Crippen LogP contribution in [-0.4, -0.2) is 211 Å². The zero-order valence-electron chi connectivity index (χ0n) is 31.3. The van der Waals surface area contributed by atoms with Crippen molar-refractivity contribution in [2.45, 2.75) is 89.6 Å². The Hall–Kier alpha value is 2.89. The van der Waals surface area contributed by atoms with E-state index in [1.54, 1.807) is 0 Å². The molecule has 0 aliphatic carbocycles. The van der Waals surface area contributed by atoms with Crippen LogP contribution >= 0.6 is 59.8 Å². The van der Waals surface area contributed by atoms with Gasteiger partial charge in [0.15, 0.2) is 12.6 Å². The van der Waals surface area contributed by atoms with Gasteiger partial charge in [-0.3, -0.25) is 0 Å². The zero-order chi connectivity index (χ0) is 41.2. The Kier molecular flexibility index (Phi) is 47.3. The number of halogens is 3. The molecule has 2 aliphatic heterocycles. The maximum atomic E-state index is 5.81. The molecule has 0 aromatic heterocycles. The van der Waals surface area contributed by atoms with Crippen LogP contribution in [-0.2, 0) is 18.9 Å². The molecule has 0 aromatic carbocycles. The van der Waals surface area contributed by atoms with Crippen LogP contribution in [0.15, 0.2) is 10.2 Å². The number of ether oxygens (including phenoxy) is 4. The van der Waals surface area contributed by atoms with Gasteiger partial charge in [0.05, 0.1) is 0 Å². The van der Waals surface area contributed by atoms with Crippen molar-refractivity contribution in [2.24, 2.45) is 0 Å². The van der Waals surface area contributed by atoms with Crippen LogP contribution in [0.2, 0.25) is 0 Å². The second kappa shape index (κ2) is 41.6. The largest absolute Gasteiger partial charge is 0.353 e. The van der Waals surface area contributed by atoms with Gasteiger partial charge in [-0.1, -0.05) is 28.7 Å². The molecule has 4 nitrogen and oxygen atoms in total. The molecule has 2 saturated heterocycles. The van der Waals surface area contributed by atoms with Gasteiger partial charge in [-0.15, -0.1) is 12.3 Å². The van der Waals surface area contributed by atoms with Gasteiger partial charge in [-0.2, -0.15) is 0 Å². The highest BCUT2D eigenvalue weighted by atomic mass is 128. The molecule has 0 amide bonds. The number of hydrogen-bond donors (Lipinski definition) is 0. The van der Waals surface area contributed by atoms with E-state index in [4.69, 9.17) is 134 Å². The number of terminal acetylenes is 1. The van der Waals surface area contributed by atoms with Crippen LogP contribution in [0.5, 0.6) is 0 Å². The minimum Gasteiger partial charge on any atom is -0.353 e. The molecule has 0 bridgehead atoms. The smallest absolute Gasteiger partial charge is 0.157 e. The second-order valence-corrected chi connectivity index (χ2v) is 13.3. The van der Waals surface area contributed by atoms with Crippen molar-refractivity contribution in [3.63, 3.8) is 0 Å². The topological polar surface area (TPSA) is 36.9 Å². The summed E-state index contributed by atoms with van der Waals surface area (Å²) in [6.07, 6.45) is 14.1. The molecule has 2 atom stereocenters. The van der Waals surface area contributed by atoms with E-state index in [1.165, 1.54) is 32.1 Å². The summed E-state index contributed by atoms with van der Waals surface area (Å²) >= 11 is 6.49. The quantitative estimate of drug-likeness (QED) is 0.0694. The highest BCUT2D eigenvalue weighted by Gasteiger charge is 2.38. The third-order valence-corrected chi connectivity index (χ3v) is 8.52. The lowest BCUT2D eigenvalue weighted by Crippen LogP contribution is -2.75. The number of hydrogen-bond acceptors (Lipinski definition) is 4. The number of allylic oxidation sites excluding steroid dienone is 1. The molecule has 0 aromatic rings. The highest BCUT2D eigenvalue weighted by molar-refractivity contribution is 15.0. The zero-order valence-corrected chi connectivity index (χ0v) is 37.8. The summed E-state index contributed by atoms with van der Waals surface area (Å²) in [4.78, 5) is 0. The first kappa shape index (κ1) is 60.2. The van der Waals surface area contributed by atoms with E-state index in [0.29, 0.717) is 0 Å². The molecule has 0 N–H and O–H groups in total. The summed E-state index contributed by atoms with van der Waals surface area (Å²) in [6.45, 7) is 3.36. The molecule has 31 heteroatoms. The van der Waals surface area contributed by atoms with Crippen LogP contribution in [0, 0.1) is 12.3 Å². The van der Waals surface area contributed by atoms with Crippen molar-refractivity contribution in [1.29, 1.82) is 0 Å². The average molecular weight is 1010 g/mol. The molecule has 53 heavy (non-hydrogen) atoms. The summed E-state index contributed by atoms with van der Waals surface area (Å²) in [5, 5.41) is 0. The van der Waals surface area contributed by atoms with Crippen molar-refractivity contribution >= 4 is 232 Å². The van der Waals surface area contributed by atoms with E-state index in [9.17, 15) is 0 Å². The lowest BCUT2D eigenvalue weighted by Gasteiger charge is -2.37. The molecule has 2 fully saturated rings. The van der Waals surface area contributed by atoms with Crippen molar-refractivity contribution in [1.82, 2.24) is 0 Å². The predicted octanol–water partition coefficient (Wildman–Crippen LogP) is -1.39. The Bertz CT molecular complexity index is 842. The molecule has 242 valence electrons. The summed E-state index contributed by atoms with van der Waals surface area (Å²) in [5.41, 5.74) is 0. The van der Waals surface area contributed by atoms with E-state index in [0.717, 1.165) is 71.4 Å². The van der Waals surface area contributed by atoms with Crippen LogP contribution < -0.4 is 0 Å². The lowest BCUT2D eigenvalue weighted by atomic mass is 8.44. The van der Waals surface area contributed by atoms with Gasteiger partial charge in [-0.05, 0) is 74.7 Å². The summed E-state index contributed by atoms with van der Waals surface area (Å²) < 4.78 is 24.1. The molecular formula is C22H37B24I3O4. The molecule has 2 unspecified atom stereocenters. The molecule has 0 spiro atoms. The van der Waals surface area contributed by atoms with E-state index in [-0.39, 0.29) is 12.6 Å². The van der Waals surface area contributed by atoms with Crippen LogP contribution in [0.1, 0.15) is 77.0 Å². The van der Waals surface area contributed by atoms with Crippen molar-refractivity contribution < 1.29 is 18.9 Å². The first-order chi connectivity index (χ1) is 25.1. The Morgan fingerprint density at radius 3 is 1.30 bits per heavy atom. The van der Waals surface area contributed by atoms with Gasteiger partial charge in [0, 0.05) is 242 Å². The standard InChI is InChI=1S/C11H19IO2.C11H18O2.B16.B8.I2/c12-8-4-1-2-5-9-13-11-7-3-6-10-14-11;1-2-3-4-6-9-12-11-8-5-7-10-13-11;1-10(2)14(9)16(13(7)8)15(11(3)4)12(5)6;1-6(2)8(5)7(3)4;1-2/h4,8,11H,1-3,5-7,9-10H2;1,11H,3-10H2;;;/b8-4+;;;;. The number of unbranched alkanes of at least 4 members (excludes halogenated alkanes) is 4. The molecule has 2 rings (SSSR count). The molecular weight excluding hydrogens is 968 g/mol. The normalized spacial score (nSPS) is 15.7. The molecule has 0 saturated carbocycles. The van der Waals surface area contributed by atoms with E-state index in [2.05, 4.69) is 75.9 Å². The van der Waals surface area contributed by atoms with Crippen LogP contribution in [0.4, 0.5) is 0 Å². The third-order valence-electron chi connectivity index (χ3n) is 8.01. The van der Waals surface area contributed by atoms with Gasteiger partial charge in [-0.25, -0.2) is 0 Å². The van der Waals surface area contributed by atoms with Gasteiger partial charge in [0.25, 0.3) is 0 Å². The van der Waals surface area contributed by atoms with Crippen LogP contribution in [0.25, 0.3) is 0 Å². The Labute approximate surface area is 385 Å². The fourth-order valence-corrected chi connectivity index (χ4v) is 5.28. The van der Waals surface area contributed by atoms with Gasteiger partial charge < -0.3 is 18.9 Å². The number of rotatable bonds is 19. The lowest BCUT2D eigenvalue weighted by molar-refractivity contribution is -0.163. The average Bonchev–Trinajstić information content (AvgIpc) is 3.13. The minimum absolute atomic E-state index is 0.0552. The molecule has 2 heterocycles. The summed E-state index contributed by atoms with van der Waals surface area (Å²) in [5.74, 6) is 2.62. The first-order valence-electron chi connectivity index (χ1n) is 18.0. The van der Waals surface area contributed by atoms with E-state index < -0.39 is 63.9 Å². The summed E-state index contributed by atoms with van der Waals surface area (Å²) in [7, 11) is 76.1. The maximum Gasteiger partial charge on any atom is 0.157 e. The Morgan fingerprint density at radius 2 is 1.00 bits per heavy atom. The van der Waals surface area contributed by atoms with E-state index in [1.807, 2.05) is 0 Å². The van der Waals surface area contributed by atoms with Crippen molar-refractivity contribution in [3.05, 3.63) is 10.2 Å². The minimum atomic E-state index is -0.807. The molecule has 28 radical (unpaired) electrons. The molecule has 2 aliphatic rings. The third kappa shape index (κ3) is 35.4. The SMILES string of the molecule is C#CCCCCOC1CCCCO1.I/C=C/CCCCOC1CCCCO1.II.[B]B([B])B([B])B(B([B])[B])B(B([B])[B])B([B])[B].[B]B([B])B([B])B([B])[B]. The second-order valence-electron chi connectivity index (χ2n) is 12.6. The first-order valence-corrected chi connectivity index (χ1v) is 25.5. The van der Waals surface area contributed by atoms with Crippen molar-refractivity contribution in [2.75, 3.05) is 26.4 Å². The Morgan fingerprint density at radius 1 is 0.585 bits per heavy atom. The van der Waals surface area contributed by atoms with Gasteiger partial charge >= 0.3 is 0 Å². The van der Waals surface area contributed by atoms with Gasteiger partial charge in [0.1, 0.15) is 0 Å². The maximum absolute atomic E-state index is 5.81. The fourth-order valence-electron chi connectivity index (χ4n) is 4.92. The summed E-state index contributed by atoms with van der Waals surface area (Å²) in [6, 6.07) is 0. The monoisotopic (exact) mass is 1010 g/mol. The van der Waals surface area contributed by atoms with Gasteiger partial charge in [0.2, 0.25) is 0 Å². The van der Waals surface area contributed by atoms with E-state index >= 15 is 0 Å². The fraction of sp³-hybridized carbons (Fsp3) is 0.818. The highest BCUT2D eigenvalue weighted by Crippen LogP contribution is 2.15. The van der Waals surface area contributed by atoms with Crippen molar-refractivity contribution in [3.8, 4) is 12.3 Å². The van der Waals surface area contributed by atoms with Crippen LogP contribution in [0.3, 0.4) is 0 Å².